The zero-order valence-corrected chi connectivity index (χ0v) is 13.7. The number of hydrogen-bond donors (Lipinski definition) is 2. The number of carbonyl (C=O) groups is 1. The first-order valence-corrected chi connectivity index (χ1v) is 8.77. The Morgan fingerprint density at radius 1 is 1.10 bits per heavy atom. The third-order valence-corrected chi connectivity index (χ3v) is 5.28. The average Bonchev–Trinajstić information content (AvgIpc) is 2.45. The highest BCUT2D eigenvalue weighted by Gasteiger charge is 2.18. The molecule has 0 radical (unpaired) electrons. The second-order valence-corrected chi connectivity index (χ2v) is 7.67. The molecular formula is C15H24N2O3S. The summed E-state index contributed by atoms with van der Waals surface area (Å²) >= 11 is 0. The second kappa shape index (κ2) is 8.02. The summed E-state index contributed by atoms with van der Waals surface area (Å²) < 4.78 is 24.0. The Labute approximate surface area is 127 Å². The number of carbonyl (C=O) groups excluding carboxylic acids is 1. The van der Waals surface area contributed by atoms with Crippen LogP contribution in [0.15, 0.2) is 29.2 Å². The Morgan fingerprint density at radius 2 is 1.67 bits per heavy atom. The van der Waals surface area contributed by atoms with Gasteiger partial charge >= 0.3 is 6.03 Å². The fourth-order valence-electron chi connectivity index (χ4n) is 1.74. The molecule has 0 unspecified atom stereocenters. The predicted octanol–water partition coefficient (Wildman–Crippen LogP) is 2.12. The third-order valence-electron chi connectivity index (χ3n) is 3.11. The first kappa shape index (κ1) is 17.5. The number of nitrogens with one attached hydrogen (secondary N) is 2. The van der Waals surface area contributed by atoms with E-state index in [9.17, 15) is 13.2 Å². The van der Waals surface area contributed by atoms with Gasteiger partial charge in [-0.3, -0.25) is 0 Å². The van der Waals surface area contributed by atoms with Crippen molar-refractivity contribution in [2.75, 3.05) is 13.1 Å². The number of rotatable bonds is 7. The molecular weight excluding hydrogens is 288 g/mol. The van der Waals surface area contributed by atoms with Gasteiger partial charge in [-0.25, -0.2) is 13.2 Å². The summed E-state index contributed by atoms with van der Waals surface area (Å²) in [5.74, 6) is 0. The fourth-order valence-corrected chi connectivity index (χ4v) is 2.80. The van der Waals surface area contributed by atoms with Gasteiger partial charge in [0.25, 0.3) is 0 Å². The highest BCUT2D eigenvalue weighted by atomic mass is 32.2. The molecule has 1 aromatic rings. The summed E-state index contributed by atoms with van der Waals surface area (Å²) in [5, 5.41) is 5.07. The molecule has 2 amide bonds. The molecule has 5 nitrogen and oxygen atoms in total. The molecule has 0 atom stereocenters. The van der Waals surface area contributed by atoms with E-state index in [-0.39, 0.29) is 6.03 Å². The molecule has 0 aliphatic carbocycles. The maximum Gasteiger partial charge on any atom is 0.314 e. The van der Waals surface area contributed by atoms with Crippen LogP contribution in [0.4, 0.5) is 4.79 Å². The summed E-state index contributed by atoms with van der Waals surface area (Å²) in [6, 6.07) is 6.67. The van der Waals surface area contributed by atoms with E-state index < -0.39 is 15.1 Å². The van der Waals surface area contributed by atoms with Crippen molar-refractivity contribution in [2.24, 2.45) is 0 Å². The predicted molar refractivity (Wildman–Crippen MR) is 84.2 cm³/mol. The molecule has 2 N–H and O–H groups in total. The fraction of sp³-hybridized carbons (Fsp3) is 0.533. The van der Waals surface area contributed by atoms with Gasteiger partial charge in [-0.15, -0.1) is 0 Å². The minimum Gasteiger partial charge on any atom is -0.338 e. The normalized spacial score (nSPS) is 11.4. The van der Waals surface area contributed by atoms with E-state index in [0.717, 1.165) is 12.0 Å². The lowest BCUT2D eigenvalue weighted by Gasteiger charge is -2.09. The molecule has 0 bridgehead atoms. The first-order chi connectivity index (χ1) is 9.87. The van der Waals surface area contributed by atoms with Crippen molar-refractivity contribution in [2.45, 2.75) is 43.8 Å². The van der Waals surface area contributed by atoms with E-state index in [4.69, 9.17) is 0 Å². The second-order valence-electron chi connectivity index (χ2n) is 5.17. The Bertz CT molecular complexity index is 551. The van der Waals surface area contributed by atoms with Gasteiger partial charge in [-0.1, -0.05) is 19.1 Å². The quantitative estimate of drug-likeness (QED) is 0.810. The van der Waals surface area contributed by atoms with Crippen LogP contribution in [0.3, 0.4) is 0 Å². The molecule has 0 heterocycles. The molecule has 6 heteroatoms. The van der Waals surface area contributed by atoms with E-state index in [1.165, 1.54) is 0 Å². The lowest BCUT2D eigenvalue weighted by Crippen LogP contribution is -2.36. The number of urea groups is 1. The SMILES string of the molecule is CCCNC(=O)NCCc1ccc(S(=O)(=O)C(C)C)cc1. The smallest absolute Gasteiger partial charge is 0.314 e. The molecule has 0 fully saturated rings. The van der Waals surface area contributed by atoms with E-state index in [1.807, 2.05) is 6.92 Å². The molecule has 1 aromatic carbocycles. The van der Waals surface area contributed by atoms with E-state index in [2.05, 4.69) is 10.6 Å². The van der Waals surface area contributed by atoms with Gasteiger partial charge in [0, 0.05) is 13.1 Å². The van der Waals surface area contributed by atoms with Crippen LogP contribution in [0.2, 0.25) is 0 Å². The number of benzene rings is 1. The summed E-state index contributed by atoms with van der Waals surface area (Å²) in [6.45, 7) is 6.51. The maximum atomic E-state index is 12.0. The molecule has 0 spiro atoms. The molecule has 0 saturated heterocycles. The van der Waals surface area contributed by atoms with Crippen molar-refractivity contribution in [1.82, 2.24) is 10.6 Å². The molecule has 0 aliphatic heterocycles. The topological polar surface area (TPSA) is 75.3 Å². The van der Waals surface area contributed by atoms with Crippen molar-refractivity contribution in [3.63, 3.8) is 0 Å². The number of hydrogen-bond acceptors (Lipinski definition) is 3. The van der Waals surface area contributed by atoms with E-state index in [1.54, 1.807) is 38.1 Å². The Hall–Kier alpha value is -1.56. The summed E-state index contributed by atoms with van der Waals surface area (Å²) in [4.78, 5) is 11.7. The van der Waals surface area contributed by atoms with Gasteiger partial charge in [0.2, 0.25) is 0 Å². The largest absolute Gasteiger partial charge is 0.338 e. The summed E-state index contributed by atoms with van der Waals surface area (Å²) in [6.07, 6.45) is 1.57. The molecule has 118 valence electrons. The Morgan fingerprint density at radius 3 is 2.19 bits per heavy atom. The molecule has 0 aromatic heterocycles. The van der Waals surface area contributed by atoms with Crippen molar-refractivity contribution in [3.05, 3.63) is 29.8 Å². The Kier molecular flexibility index (Phi) is 6.68. The zero-order chi connectivity index (χ0) is 15.9. The van der Waals surface area contributed by atoms with Gasteiger partial charge in [0.05, 0.1) is 10.1 Å². The standard InChI is InChI=1S/C15H24N2O3S/c1-4-10-16-15(18)17-11-9-13-5-7-14(8-6-13)21(19,20)12(2)3/h5-8,12H,4,9-11H2,1-3H3,(H2,16,17,18). The van der Waals surface area contributed by atoms with Gasteiger partial charge in [-0.05, 0) is 44.4 Å². The summed E-state index contributed by atoms with van der Waals surface area (Å²) in [7, 11) is -3.22. The van der Waals surface area contributed by atoms with Crippen molar-refractivity contribution in [1.29, 1.82) is 0 Å². The highest BCUT2D eigenvalue weighted by molar-refractivity contribution is 7.92. The van der Waals surface area contributed by atoms with Crippen LogP contribution in [-0.4, -0.2) is 32.8 Å². The zero-order valence-electron chi connectivity index (χ0n) is 12.8. The van der Waals surface area contributed by atoms with Crippen molar-refractivity contribution >= 4 is 15.9 Å². The molecule has 0 aliphatic rings. The average molecular weight is 312 g/mol. The summed E-state index contributed by atoms with van der Waals surface area (Å²) in [5.41, 5.74) is 0.994. The van der Waals surface area contributed by atoms with Gasteiger partial charge in [0.15, 0.2) is 9.84 Å². The van der Waals surface area contributed by atoms with Gasteiger partial charge in [-0.2, -0.15) is 0 Å². The number of sulfone groups is 1. The van der Waals surface area contributed by atoms with Crippen LogP contribution < -0.4 is 10.6 Å². The molecule has 21 heavy (non-hydrogen) atoms. The third kappa shape index (κ3) is 5.38. The monoisotopic (exact) mass is 312 g/mol. The lowest BCUT2D eigenvalue weighted by molar-refractivity contribution is 0.241. The van der Waals surface area contributed by atoms with Gasteiger partial charge < -0.3 is 10.6 Å². The van der Waals surface area contributed by atoms with E-state index in [0.29, 0.717) is 24.4 Å². The highest BCUT2D eigenvalue weighted by Crippen LogP contribution is 2.16. The van der Waals surface area contributed by atoms with Crippen LogP contribution in [0, 0.1) is 0 Å². The van der Waals surface area contributed by atoms with Crippen LogP contribution in [-0.2, 0) is 16.3 Å². The van der Waals surface area contributed by atoms with Crippen molar-refractivity contribution < 1.29 is 13.2 Å². The minimum absolute atomic E-state index is 0.171. The van der Waals surface area contributed by atoms with Crippen LogP contribution in [0.25, 0.3) is 0 Å². The first-order valence-electron chi connectivity index (χ1n) is 7.22. The van der Waals surface area contributed by atoms with Crippen LogP contribution in [0.1, 0.15) is 32.8 Å². The minimum atomic E-state index is -3.22. The Balaban J connectivity index is 2.51. The molecule has 0 saturated carbocycles. The van der Waals surface area contributed by atoms with Crippen LogP contribution >= 0.6 is 0 Å². The van der Waals surface area contributed by atoms with Crippen molar-refractivity contribution in [3.8, 4) is 0 Å². The van der Waals surface area contributed by atoms with Crippen LogP contribution in [0.5, 0.6) is 0 Å². The van der Waals surface area contributed by atoms with Gasteiger partial charge in [0.1, 0.15) is 0 Å². The van der Waals surface area contributed by atoms with E-state index >= 15 is 0 Å². The maximum absolute atomic E-state index is 12.0. The molecule has 1 rings (SSSR count). The lowest BCUT2D eigenvalue weighted by atomic mass is 10.1. The number of amides is 2.